The topological polar surface area (TPSA) is 49.6 Å². The first-order valence-corrected chi connectivity index (χ1v) is 9.51. The van der Waals surface area contributed by atoms with Crippen molar-refractivity contribution in [3.8, 4) is 0 Å². The summed E-state index contributed by atoms with van der Waals surface area (Å²) in [6.45, 7) is 3.92. The van der Waals surface area contributed by atoms with Crippen LogP contribution in [-0.4, -0.2) is 25.0 Å². The fourth-order valence-corrected chi connectivity index (χ4v) is 3.22. The molecule has 3 rings (SSSR count). The van der Waals surface area contributed by atoms with Gasteiger partial charge in [0.2, 0.25) is 5.91 Å². The van der Waals surface area contributed by atoms with E-state index in [2.05, 4.69) is 4.98 Å². The van der Waals surface area contributed by atoms with Crippen LogP contribution >= 0.6 is 0 Å². The summed E-state index contributed by atoms with van der Waals surface area (Å²) in [5, 5.41) is 0. The lowest BCUT2D eigenvalue weighted by Gasteiger charge is -2.29. The van der Waals surface area contributed by atoms with Crippen LogP contribution in [0.25, 0.3) is 0 Å². The zero-order chi connectivity index (χ0) is 20.1. The fraction of sp³-hybridized carbons (Fsp3) is 0.304. The molecule has 0 fully saturated rings. The highest BCUT2D eigenvalue weighted by Gasteiger charge is 2.24. The van der Waals surface area contributed by atoms with Crippen LogP contribution in [0.2, 0.25) is 0 Å². The van der Waals surface area contributed by atoms with Gasteiger partial charge in [0, 0.05) is 44.5 Å². The Morgan fingerprint density at radius 1 is 1.04 bits per heavy atom. The third-order valence-corrected chi connectivity index (χ3v) is 4.80. The number of pyridine rings is 1. The number of rotatable bonds is 7. The van der Waals surface area contributed by atoms with E-state index in [1.54, 1.807) is 6.20 Å². The zero-order valence-corrected chi connectivity index (χ0v) is 16.9. The van der Waals surface area contributed by atoms with Gasteiger partial charge >= 0.3 is 0 Å². The lowest BCUT2D eigenvalue weighted by molar-refractivity contribution is -0.119. The Morgan fingerprint density at radius 2 is 1.75 bits per heavy atom. The fourth-order valence-electron chi connectivity index (χ4n) is 3.22. The van der Waals surface area contributed by atoms with E-state index < -0.39 is 0 Å². The molecule has 0 unspecified atom stereocenters. The van der Waals surface area contributed by atoms with Gasteiger partial charge in [0.25, 0.3) is 0 Å². The number of benzene rings is 1. The monoisotopic (exact) mass is 377 g/mol. The first kappa shape index (κ1) is 19.7. The predicted octanol–water partition coefficient (Wildman–Crippen LogP) is 4.78. The first-order valence-electron chi connectivity index (χ1n) is 9.51. The van der Waals surface area contributed by atoms with Gasteiger partial charge in [-0.15, -0.1) is 0 Å². The molecule has 5 heteroatoms. The maximum atomic E-state index is 13.2. The summed E-state index contributed by atoms with van der Waals surface area (Å²) in [6.07, 6.45) is 2.71. The highest BCUT2D eigenvalue weighted by molar-refractivity contribution is 5.94. The molecule has 0 saturated carbocycles. The molecule has 0 spiro atoms. The molecule has 0 N–H and O–H groups in total. The van der Waals surface area contributed by atoms with E-state index in [1.165, 1.54) is 0 Å². The van der Waals surface area contributed by atoms with Gasteiger partial charge in [-0.25, -0.2) is 0 Å². The molecule has 1 aromatic carbocycles. The molecule has 2 heterocycles. The van der Waals surface area contributed by atoms with Gasteiger partial charge in [0.1, 0.15) is 11.5 Å². The molecule has 3 aromatic rings. The summed E-state index contributed by atoms with van der Waals surface area (Å²) in [7, 11) is 4.00. The normalized spacial score (nSPS) is 11.9. The predicted molar refractivity (Wildman–Crippen MR) is 113 cm³/mol. The Balaban J connectivity index is 1.85. The number of carbonyl (C=O) groups excluding carboxylic acids is 1. The van der Waals surface area contributed by atoms with Gasteiger partial charge in [-0.2, -0.15) is 0 Å². The molecule has 146 valence electrons. The molecule has 0 aliphatic carbocycles. The minimum Gasteiger partial charge on any atom is -0.466 e. The smallest absolute Gasteiger partial charge is 0.228 e. The summed E-state index contributed by atoms with van der Waals surface area (Å²) in [6, 6.07) is 17.5. The second-order valence-electron chi connectivity index (χ2n) is 7.12. The Labute approximate surface area is 166 Å². The van der Waals surface area contributed by atoms with E-state index in [9.17, 15) is 4.79 Å². The molecule has 1 amide bonds. The number of hydrogen-bond acceptors (Lipinski definition) is 4. The Hall–Kier alpha value is -3.08. The molecule has 5 nitrogen and oxygen atoms in total. The van der Waals surface area contributed by atoms with Crippen LogP contribution in [0.5, 0.6) is 0 Å². The van der Waals surface area contributed by atoms with Crippen molar-refractivity contribution in [1.29, 1.82) is 0 Å². The van der Waals surface area contributed by atoms with E-state index >= 15 is 0 Å². The molecule has 28 heavy (non-hydrogen) atoms. The number of aryl methyl sites for hydroxylation is 2. The van der Waals surface area contributed by atoms with Crippen molar-refractivity contribution < 1.29 is 9.21 Å². The third kappa shape index (κ3) is 4.60. The summed E-state index contributed by atoms with van der Waals surface area (Å²) in [4.78, 5) is 21.5. The van der Waals surface area contributed by atoms with Gasteiger partial charge in [-0.05, 0) is 62.4 Å². The van der Waals surface area contributed by atoms with E-state index in [1.807, 2.05) is 92.3 Å². The lowest BCUT2D eigenvalue weighted by atomic mass is 10.1. The molecule has 0 aliphatic rings. The van der Waals surface area contributed by atoms with Crippen molar-refractivity contribution in [3.05, 3.63) is 78.0 Å². The SMILES string of the molecule is Cc1ccc(CCC(=O)N(c2ccc(N(C)C)cc2)[C@@H](C)c2ccccn2)o1. The number of furan rings is 1. The molecule has 2 aromatic heterocycles. The highest BCUT2D eigenvalue weighted by Crippen LogP contribution is 2.29. The second kappa shape index (κ2) is 8.74. The quantitative estimate of drug-likeness (QED) is 0.595. The summed E-state index contributed by atoms with van der Waals surface area (Å²) < 4.78 is 5.62. The maximum absolute atomic E-state index is 13.2. The average Bonchev–Trinajstić information content (AvgIpc) is 3.13. The number of nitrogens with zero attached hydrogens (tertiary/aromatic N) is 3. The molecular weight excluding hydrogens is 350 g/mol. The Kier molecular flexibility index (Phi) is 6.14. The van der Waals surface area contributed by atoms with Gasteiger partial charge in [0.15, 0.2) is 0 Å². The summed E-state index contributed by atoms with van der Waals surface area (Å²) in [5.74, 6) is 1.74. The molecule has 1 atom stereocenters. The summed E-state index contributed by atoms with van der Waals surface area (Å²) in [5.41, 5.74) is 2.82. The first-order chi connectivity index (χ1) is 13.5. The van der Waals surface area contributed by atoms with Crippen molar-refractivity contribution in [3.63, 3.8) is 0 Å². The number of carbonyl (C=O) groups is 1. The van der Waals surface area contributed by atoms with Crippen LogP contribution < -0.4 is 9.80 Å². The van der Waals surface area contributed by atoms with Crippen molar-refractivity contribution in [1.82, 2.24) is 4.98 Å². The van der Waals surface area contributed by atoms with Crippen molar-refractivity contribution in [2.45, 2.75) is 32.7 Å². The largest absolute Gasteiger partial charge is 0.466 e. The van der Waals surface area contributed by atoms with Crippen LogP contribution in [-0.2, 0) is 11.2 Å². The van der Waals surface area contributed by atoms with Crippen molar-refractivity contribution in [2.24, 2.45) is 0 Å². The molecular formula is C23H27N3O2. The van der Waals surface area contributed by atoms with Gasteiger partial charge in [-0.1, -0.05) is 6.07 Å². The summed E-state index contributed by atoms with van der Waals surface area (Å²) >= 11 is 0. The minimum atomic E-state index is -0.169. The highest BCUT2D eigenvalue weighted by atomic mass is 16.3. The van der Waals surface area contributed by atoms with Crippen LogP contribution in [0, 0.1) is 6.92 Å². The van der Waals surface area contributed by atoms with E-state index in [4.69, 9.17) is 4.42 Å². The number of amides is 1. The average molecular weight is 377 g/mol. The van der Waals surface area contributed by atoms with Crippen molar-refractivity contribution >= 4 is 17.3 Å². The number of anilines is 2. The third-order valence-electron chi connectivity index (χ3n) is 4.80. The number of hydrogen-bond donors (Lipinski definition) is 0. The molecule has 0 saturated heterocycles. The minimum absolute atomic E-state index is 0.0461. The zero-order valence-electron chi connectivity index (χ0n) is 16.9. The van der Waals surface area contributed by atoms with E-state index in [0.29, 0.717) is 12.8 Å². The van der Waals surface area contributed by atoms with Crippen LogP contribution in [0.15, 0.2) is 65.2 Å². The Bertz CT molecular complexity index is 901. The van der Waals surface area contributed by atoms with E-state index in [0.717, 1.165) is 28.6 Å². The van der Waals surface area contributed by atoms with Gasteiger partial charge in [-0.3, -0.25) is 9.78 Å². The lowest BCUT2D eigenvalue weighted by Crippen LogP contribution is -2.34. The van der Waals surface area contributed by atoms with Crippen molar-refractivity contribution in [2.75, 3.05) is 23.9 Å². The standard InChI is InChI=1S/C23H27N3O2/c1-17-8-13-21(28-17)14-15-23(27)26(18(2)22-7-5-6-16-24-22)20-11-9-19(10-12-20)25(3)4/h5-13,16,18H,14-15H2,1-4H3/t18-/m0/s1. The Morgan fingerprint density at radius 3 is 2.32 bits per heavy atom. The van der Waals surface area contributed by atoms with Crippen LogP contribution in [0.4, 0.5) is 11.4 Å². The second-order valence-corrected chi connectivity index (χ2v) is 7.12. The van der Waals surface area contributed by atoms with E-state index in [-0.39, 0.29) is 11.9 Å². The van der Waals surface area contributed by atoms with Gasteiger partial charge in [0.05, 0.1) is 11.7 Å². The maximum Gasteiger partial charge on any atom is 0.228 e. The number of aromatic nitrogens is 1. The van der Waals surface area contributed by atoms with Crippen LogP contribution in [0.1, 0.15) is 36.6 Å². The molecule has 0 radical (unpaired) electrons. The molecule has 0 bridgehead atoms. The molecule has 0 aliphatic heterocycles. The van der Waals surface area contributed by atoms with Crippen LogP contribution in [0.3, 0.4) is 0 Å². The van der Waals surface area contributed by atoms with Gasteiger partial charge < -0.3 is 14.2 Å².